The number of thiocarbonyl (C=S) groups is 1. The van der Waals surface area contributed by atoms with Gasteiger partial charge in [-0.2, -0.15) is 13.2 Å². The fourth-order valence-corrected chi connectivity index (χ4v) is 5.23. The number of carbonyl (C=O) groups is 2. The third-order valence-electron chi connectivity index (χ3n) is 6.72. The lowest BCUT2D eigenvalue weighted by Gasteiger charge is -2.35. The number of hydrogen-bond donors (Lipinski definition) is 1. The van der Waals surface area contributed by atoms with Crippen LogP contribution in [0.15, 0.2) is 36.4 Å². The maximum absolute atomic E-state index is 13.0. The lowest BCUT2D eigenvalue weighted by molar-refractivity contribution is -0.141. The van der Waals surface area contributed by atoms with Gasteiger partial charge >= 0.3 is 6.18 Å². The average molecular weight is 504 g/mol. The number of alkyl halides is 3. The van der Waals surface area contributed by atoms with Crippen molar-refractivity contribution in [2.75, 3.05) is 31.1 Å². The fourth-order valence-electron chi connectivity index (χ4n) is 4.85. The van der Waals surface area contributed by atoms with E-state index in [9.17, 15) is 22.8 Å². The lowest BCUT2D eigenvalue weighted by atomic mass is 10.0. The molecule has 5 rings (SSSR count). The highest BCUT2D eigenvalue weighted by Gasteiger charge is 2.37. The van der Waals surface area contributed by atoms with E-state index in [0.717, 1.165) is 22.8 Å². The van der Waals surface area contributed by atoms with Crippen LogP contribution in [-0.4, -0.2) is 63.8 Å². The van der Waals surface area contributed by atoms with Gasteiger partial charge in [0.2, 0.25) is 11.8 Å². The predicted octanol–water partition coefficient (Wildman–Crippen LogP) is 2.72. The number of amides is 2. The molecule has 2 aromatic rings. The Morgan fingerprint density at radius 1 is 1.09 bits per heavy atom. The third-order valence-corrected chi connectivity index (χ3v) is 7.17. The highest BCUT2D eigenvalue weighted by Crippen LogP contribution is 2.31. The molecule has 184 valence electrons. The van der Waals surface area contributed by atoms with Gasteiger partial charge in [-0.1, -0.05) is 30.4 Å². The summed E-state index contributed by atoms with van der Waals surface area (Å²) in [7, 11) is 0. The summed E-state index contributed by atoms with van der Waals surface area (Å²) < 4.78 is 39.0. The molecule has 0 bridgehead atoms. The number of halogens is 3. The van der Waals surface area contributed by atoms with Crippen LogP contribution in [0.1, 0.15) is 35.2 Å². The number of pyridine rings is 1. The number of benzene rings is 1. The number of piperazine rings is 1. The van der Waals surface area contributed by atoms with Crippen LogP contribution < -0.4 is 10.2 Å². The first-order valence-corrected chi connectivity index (χ1v) is 11.9. The number of nitrogens with one attached hydrogen (secondary N) is 1. The minimum absolute atomic E-state index is 0.250. The molecule has 2 amide bonds. The summed E-state index contributed by atoms with van der Waals surface area (Å²) in [6.45, 7) is 3.80. The summed E-state index contributed by atoms with van der Waals surface area (Å²) in [5.41, 5.74) is 2.21. The van der Waals surface area contributed by atoms with Crippen LogP contribution in [0, 0.1) is 0 Å². The van der Waals surface area contributed by atoms with Crippen molar-refractivity contribution in [1.29, 1.82) is 0 Å². The van der Waals surface area contributed by atoms with Crippen LogP contribution in [0.3, 0.4) is 0 Å². The van der Waals surface area contributed by atoms with Gasteiger partial charge in [-0.05, 0) is 35.7 Å². The summed E-state index contributed by atoms with van der Waals surface area (Å²) in [6.07, 6.45) is -3.70. The topological polar surface area (TPSA) is 68.8 Å². The maximum Gasteiger partial charge on any atom is 0.433 e. The standard InChI is InChI=1S/C24H24F3N5O2S/c25-24(26,27)19-2-1-3-20(28-19)31-10-8-30(9-11-31)13-15-4-5-16-14-32(23(35)17(16)12-15)18-6-7-21(33)29-22(18)34/h1-5,12,18H,6-11,13-14H2,(H,29,33,34). The maximum atomic E-state index is 13.0. The van der Waals surface area contributed by atoms with E-state index in [0.29, 0.717) is 62.9 Å². The van der Waals surface area contributed by atoms with Crippen molar-refractivity contribution in [3.8, 4) is 0 Å². The van der Waals surface area contributed by atoms with Crippen molar-refractivity contribution < 1.29 is 22.8 Å². The largest absolute Gasteiger partial charge is 0.433 e. The molecule has 0 spiro atoms. The monoisotopic (exact) mass is 503 g/mol. The molecule has 2 fully saturated rings. The van der Waals surface area contributed by atoms with E-state index in [-0.39, 0.29) is 11.8 Å². The first kappa shape index (κ1) is 23.7. The van der Waals surface area contributed by atoms with Gasteiger partial charge in [0.05, 0.1) is 0 Å². The number of fused-ring (bicyclic) bond motifs is 1. The summed E-state index contributed by atoms with van der Waals surface area (Å²) in [6, 6.07) is 9.70. The molecule has 4 heterocycles. The number of rotatable bonds is 4. The van der Waals surface area contributed by atoms with Gasteiger partial charge in [-0.3, -0.25) is 19.8 Å². The Bertz CT molecular complexity index is 1180. The van der Waals surface area contributed by atoms with Crippen molar-refractivity contribution in [3.63, 3.8) is 0 Å². The number of anilines is 1. The Kier molecular flexibility index (Phi) is 6.22. The van der Waals surface area contributed by atoms with E-state index >= 15 is 0 Å². The molecular weight excluding hydrogens is 479 g/mol. The molecule has 0 saturated carbocycles. The smallest absolute Gasteiger partial charge is 0.354 e. The molecule has 1 aromatic heterocycles. The number of hydrogen-bond acceptors (Lipinski definition) is 6. The second-order valence-corrected chi connectivity index (χ2v) is 9.42. The fraction of sp³-hybridized carbons (Fsp3) is 0.417. The van der Waals surface area contributed by atoms with Crippen LogP contribution >= 0.6 is 12.2 Å². The van der Waals surface area contributed by atoms with E-state index in [1.807, 2.05) is 15.9 Å². The van der Waals surface area contributed by atoms with Crippen molar-refractivity contribution in [2.24, 2.45) is 0 Å². The molecule has 1 aromatic carbocycles. The third kappa shape index (κ3) is 4.87. The van der Waals surface area contributed by atoms with Crippen molar-refractivity contribution in [1.82, 2.24) is 20.1 Å². The normalized spacial score (nSPS) is 21.3. The molecular formula is C24H24F3N5O2S. The van der Waals surface area contributed by atoms with Crippen LogP contribution in [0.4, 0.5) is 19.0 Å². The summed E-state index contributed by atoms with van der Waals surface area (Å²) in [4.78, 5) is 34.2. The Morgan fingerprint density at radius 2 is 1.86 bits per heavy atom. The Hall–Kier alpha value is -3.05. The molecule has 7 nitrogen and oxygen atoms in total. The van der Waals surface area contributed by atoms with Gasteiger partial charge in [0, 0.05) is 51.3 Å². The Labute approximate surface area is 205 Å². The number of imide groups is 1. The van der Waals surface area contributed by atoms with Crippen LogP contribution in [0.5, 0.6) is 0 Å². The zero-order chi connectivity index (χ0) is 24.7. The van der Waals surface area contributed by atoms with Crippen molar-refractivity contribution >= 4 is 34.8 Å². The average Bonchev–Trinajstić information content (AvgIpc) is 3.15. The molecule has 0 radical (unpaired) electrons. The van der Waals surface area contributed by atoms with Gasteiger partial charge in [-0.15, -0.1) is 0 Å². The highest BCUT2D eigenvalue weighted by molar-refractivity contribution is 7.80. The first-order chi connectivity index (χ1) is 16.7. The van der Waals surface area contributed by atoms with E-state index in [4.69, 9.17) is 12.2 Å². The van der Waals surface area contributed by atoms with Gasteiger partial charge in [0.15, 0.2) is 0 Å². The predicted molar refractivity (Wildman–Crippen MR) is 127 cm³/mol. The molecule has 1 atom stereocenters. The van der Waals surface area contributed by atoms with Crippen LogP contribution in [0.25, 0.3) is 0 Å². The summed E-state index contributed by atoms with van der Waals surface area (Å²) >= 11 is 5.68. The van der Waals surface area contributed by atoms with E-state index in [1.165, 1.54) is 6.07 Å². The van der Waals surface area contributed by atoms with E-state index in [1.54, 1.807) is 6.07 Å². The van der Waals surface area contributed by atoms with Crippen LogP contribution in [0.2, 0.25) is 0 Å². The number of nitrogens with zero attached hydrogens (tertiary/aromatic N) is 4. The molecule has 1 N–H and O–H groups in total. The first-order valence-electron chi connectivity index (χ1n) is 11.5. The second kappa shape index (κ2) is 9.19. The van der Waals surface area contributed by atoms with Crippen molar-refractivity contribution in [3.05, 3.63) is 58.8 Å². The zero-order valence-corrected chi connectivity index (χ0v) is 19.7. The molecule has 2 saturated heterocycles. The van der Waals surface area contributed by atoms with Gasteiger partial charge < -0.3 is 9.80 Å². The molecule has 1 unspecified atom stereocenters. The van der Waals surface area contributed by atoms with Gasteiger partial charge in [-0.25, -0.2) is 4.98 Å². The molecule has 3 aliphatic heterocycles. The number of piperidine rings is 1. The molecule has 35 heavy (non-hydrogen) atoms. The second-order valence-electron chi connectivity index (χ2n) is 9.03. The molecule has 3 aliphatic rings. The minimum atomic E-state index is -4.46. The van der Waals surface area contributed by atoms with E-state index in [2.05, 4.69) is 27.3 Å². The minimum Gasteiger partial charge on any atom is -0.354 e. The molecule has 11 heteroatoms. The highest BCUT2D eigenvalue weighted by atomic mass is 32.1. The number of aromatic nitrogens is 1. The van der Waals surface area contributed by atoms with Crippen molar-refractivity contribution in [2.45, 2.75) is 38.1 Å². The summed E-state index contributed by atoms with van der Waals surface area (Å²) in [5, 5.41) is 2.39. The lowest BCUT2D eigenvalue weighted by Crippen LogP contribution is -2.52. The Morgan fingerprint density at radius 3 is 2.57 bits per heavy atom. The summed E-state index contributed by atoms with van der Waals surface area (Å²) in [5.74, 6) is -0.208. The SMILES string of the molecule is O=C1CCC(N2Cc3ccc(CN4CCN(c5cccc(C(F)(F)F)n5)CC4)cc3C2=S)C(=O)N1. The van der Waals surface area contributed by atoms with Crippen LogP contribution in [-0.2, 0) is 28.9 Å². The number of carbonyl (C=O) groups excluding carboxylic acids is 2. The quantitative estimate of drug-likeness (QED) is 0.508. The van der Waals surface area contributed by atoms with E-state index < -0.39 is 17.9 Å². The van der Waals surface area contributed by atoms with Gasteiger partial charge in [0.1, 0.15) is 22.5 Å². The zero-order valence-electron chi connectivity index (χ0n) is 18.8. The molecule has 0 aliphatic carbocycles. The van der Waals surface area contributed by atoms with Gasteiger partial charge in [0.25, 0.3) is 0 Å². The Balaban J connectivity index is 1.21.